The molecule has 0 aromatic heterocycles. The standard InChI is InChI=1S/C12H21N3O7S/c1-7-9(13-11(18)22-12(2,3)4)10(17)15(7)21-6-8(16)14-23(5,19)20/h7,9H,6H2,1-5H3,(H,13,18)(H,14,16)/t7?,9-/m0/s1. The highest BCUT2D eigenvalue weighted by molar-refractivity contribution is 7.89. The topological polar surface area (TPSA) is 131 Å². The number of sulfonamides is 1. The molecule has 1 heterocycles. The first kappa shape index (κ1) is 19.2. The van der Waals surface area contributed by atoms with Gasteiger partial charge in [0.05, 0.1) is 12.3 Å². The third-order valence-electron chi connectivity index (χ3n) is 2.64. The summed E-state index contributed by atoms with van der Waals surface area (Å²) < 4.78 is 28.5. The van der Waals surface area contributed by atoms with Gasteiger partial charge in [-0.1, -0.05) is 0 Å². The van der Waals surface area contributed by atoms with Crippen molar-refractivity contribution in [2.45, 2.75) is 45.4 Å². The minimum atomic E-state index is -3.69. The highest BCUT2D eigenvalue weighted by atomic mass is 32.2. The van der Waals surface area contributed by atoms with E-state index in [1.807, 2.05) is 0 Å². The Morgan fingerprint density at radius 1 is 1.30 bits per heavy atom. The second kappa shape index (κ2) is 6.71. The number of ether oxygens (including phenoxy) is 1. The van der Waals surface area contributed by atoms with Gasteiger partial charge in [0.2, 0.25) is 10.0 Å². The van der Waals surface area contributed by atoms with E-state index in [1.54, 1.807) is 32.4 Å². The first-order valence-electron chi connectivity index (χ1n) is 6.76. The lowest BCUT2D eigenvalue weighted by Crippen LogP contribution is -2.69. The molecule has 1 unspecified atom stereocenters. The van der Waals surface area contributed by atoms with Gasteiger partial charge in [0.15, 0.2) is 6.61 Å². The number of carbonyl (C=O) groups is 3. The fraction of sp³-hybridized carbons (Fsp3) is 0.750. The molecule has 1 saturated heterocycles. The zero-order chi connectivity index (χ0) is 18.0. The van der Waals surface area contributed by atoms with E-state index < -0.39 is 52.2 Å². The first-order valence-corrected chi connectivity index (χ1v) is 8.65. The third-order valence-corrected chi connectivity index (χ3v) is 3.24. The number of rotatable bonds is 5. The zero-order valence-corrected chi connectivity index (χ0v) is 14.4. The van der Waals surface area contributed by atoms with Crippen LogP contribution in [0.1, 0.15) is 27.7 Å². The molecule has 132 valence electrons. The lowest BCUT2D eigenvalue weighted by molar-refractivity contribution is -0.230. The molecule has 1 aliphatic rings. The third kappa shape index (κ3) is 6.02. The predicted octanol–water partition coefficient (Wildman–Crippen LogP) is -0.882. The number of nitrogens with one attached hydrogen (secondary N) is 2. The molecule has 1 aliphatic heterocycles. The summed E-state index contributed by atoms with van der Waals surface area (Å²) in [4.78, 5) is 39.7. The highest BCUT2D eigenvalue weighted by Crippen LogP contribution is 2.20. The molecule has 0 spiro atoms. The molecule has 0 saturated carbocycles. The van der Waals surface area contributed by atoms with Gasteiger partial charge < -0.3 is 10.1 Å². The number of hydrogen-bond donors (Lipinski definition) is 2. The number of amides is 3. The smallest absolute Gasteiger partial charge is 0.408 e. The highest BCUT2D eigenvalue weighted by Gasteiger charge is 2.47. The van der Waals surface area contributed by atoms with Crippen molar-refractivity contribution in [3.05, 3.63) is 0 Å². The van der Waals surface area contributed by atoms with Gasteiger partial charge in [0.1, 0.15) is 11.6 Å². The molecule has 2 atom stereocenters. The van der Waals surface area contributed by atoms with Gasteiger partial charge in [-0.25, -0.2) is 18.3 Å². The largest absolute Gasteiger partial charge is 0.444 e. The van der Waals surface area contributed by atoms with Crippen LogP contribution in [-0.2, 0) is 29.2 Å². The average Bonchev–Trinajstić information content (AvgIpc) is 2.31. The van der Waals surface area contributed by atoms with Crippen LogP contribution in [0, 0.1) is 0 Å². The van der Waals surface area contributed by atoms with Crippen molar-refractivity contribution in [1.82, 2.24) is 15.1 Å². The molecule has 0 bridgehead atoms. The van der Waals surface area contributed by atoms with Crippen LogP contribution >= 0.6 is 0 Å². The van der Waals surface area contributed by atoms with Crippen LogP contribution in [0.25, 0.3) is 0 Å². The number of hydrogen-bond acceptors (Lipinski definition) is 7. The molecule has 1 fully saturated rings. The Hall–Kier alpha value is -1.88. The van der Waals surface area contributed by atoms with Crippen LogP contribution in [0.3, 0.4) is 0 Å². The van der Waals surface area contributed by atoms with Gasteiger partial charge in [0.25, 0.3) is 11.8 Å². The zero-order valence-electron chi connectivity index (χ0n) is 13.6. The summed E-state index contributed by atoms with van der Waals surface area (Å²) in [6.45, 7) is 6.03. The molecule has 10 nitrogen and oxygen atoms in total. The molecule has 0 aromatic rings. The van der Waals surface area contributed by atoms with Crippen molar-refractivity contribution in [1.29, 1.82) is 0 Å². The fourth-order valence-corrected chi connectivity index (χ4v) is 2.23. The molecule has 0 aromatic carbocycles. The maximum Gasteiger partial charge on any atom is 0.408 e. The molecule has 1 rings (SSSR count). The number of alkyl carbamates (subject to hydrolysis) is 1. The van der Waals surface area contributed by atoms with E-state index in [-0.39, 0.29) is 0 Å². The van der Waals surface area contributed by atoms with Crippen LogP contribution in [0.2, 0.25) is 0 Å². The summed E-state index contributed by atoms with van der Waals surface area (Å²) in [7, 11) is -3.69. The van der Waals surface area contributed by atoms with Crippen LogP contribution in [-0.4, -0.2) is 61.9 Å². The van der Waals surface area contributed by atoms with E-state index in [4.69, 9.17) is 9.57 Å². The van der Waals surface area contributed by atoms with Gasteiger partial charge in [0, 0.05) is 0 Å². The molecule has 11 heteroatoms. The van der Waals surface area contributed by atoms with Crippen LogP contribution in [0.15, 0.2) is 0 Å². The molecular weight excluding hydrogens is 330 g/mol. The van der Waals surface area contributed by atoms with Crippen LogP contribution in [0.4, 0.5) is 4.79 Å². The van der Waals surface area contributed by atoms with E-state index in [9.17, 15) is 22.8 Å². The summed E-state index contributed by atoms with van der Waals surface area (Å²) in [5.74, 6) is -1.47. The van der Waals surface area contributed by atoms with Crippen molar-refractivity contribution in [3.63, 3.8) is 0 Å². The molecule has 0 aliphatic carbocycles. The second-order valence-electron chi connectivity index (χ2n) is 6.10. The minimum Gasteiger partial charge on any atom is -0.444 e. The van der Waals surface area contributed by atoms with Crippen LogP contribution < -0.4 is 10.0 Å². The molecule has 23 heavy (non-hydrogen) atoms. The second-order valence-corrected chi connectivity index (χ2v) is 7.85. The van der Waals surface area contributed by atoms with E-state index in [1.165, 1.54) is 0 Å². The minimum absolute atomic E-state index is 0.527. The van der Waals surface area contributed by atoms with Gasteiger partial charge in [-0.15, -0.1) is 0 Å². The Bertz CT molecular complexity index is 596. The summed E-state index contributed by atoms with van der Waals surface area (Å²) in [5.41, 5.74) is -0.694. The van der Waals surface area contributed by atoms with Gasteiger partial charge in [-0.2, -0.15) is 0 Å². The molecule has 2 N–H and O–H groups in total. The van der Waals surface area contributed by atoms with E-state index in [2.05, 4.69) is 5.32 Å². The Labute approximate surface area is 134 Å². The predicted molar refractivity (Wildman–Crippen MR) is 78.4 cm³/mol. The number of carbonyl (C=O) groups excluding carboxylic acids is 3. The molecule has 0 radical (unpaired) electrons. The lowest BCUT2D eigenvalue weighted by Gasteiger charge is -2.43. The number of β-lactam (4-membered cyclic amide) rings is 1. The fourth-order valence-electron chi connectivity index (χ4n) is 1.76. The lowest BCUT2D eigenvalue weighted by atomic mass is 10.0. The quantitative estimate of drug-likeness (QED) is 0.615. The van der Waals surface area contributed by atoms with E-state index >= 15 is 0 Å². The average molecular weight is 351 g/mol. The van der Waals surface area contributed by atoms with Crippen molar-refractivity contribution in [2.24, 2.45) is 0 Å². The van der Waals surface area contributed by atoms with Gasteiger partial charge >= 0.3 is 6.09 Å². The summed E-state index contributed by atoms with van der Waals surface area (Å²) in [6.07, 6.45) is 0.0838. The van der Waals surface area contributed by atoms with Crippen LogP contribution in [0.5, 0.6) is 0 Å². The van der Waals surface area contributed by atoms with Gasteiger partial charge in [-0.05, 0) is 27.7 Å². The van der Waals surface area contributed by atoms with Crippen molar-refractivity contribution in [2.75, 3.05) is 12.9 Å². The SMILES string of the molecule is CC1[C@H](NC(=O)OC(C)(C)C)C(=O)N1OCC(=O)NS(C)(=O)=O. The van der Waals surface area contributed by atoms with Gasteiger partial charge in [-0.3, -0.25) is 19.1 Å². The summed E-state index contributed by atoms with van der Waals surface area (Å²) in [6, 6.07) is -1.36. The molecular formula is C12H21N3O7S. The Morgan fingerprint density at radius 2 is 1.87 bits per heavy atom. The van der Waals surface area contributed by atoms with Crippen molar-refractivity contribution in [3.8, 4) is 0 Å². The Kier molecular flexibility index (Phi) is 5.59. The van der Waals surface area contributed by atoms with Crippen molar-refractivity contribution < 1.29 is 32.4 Å². The maximum atomic E-state index is 11.9. The molecule has 3 amide bonds. The Morgan fingerprint density at radius 3 is 2.30 bits per heavy atom. The maximum absolute atomic E-state index is 11.9. The summed E-state index contributed by atoms with van der Waals surface area (Å²) >= 11 is 0. The number of hydroxylamine groups is 2. The van der Waals surface area contributed by atoms with E-state index in [0.29, 0.717) is 0 Å². The normalized spacial score (nSPS) is 21.4. The summed E-state index contributed by atoms with van der Waals surface area (Å²) in [5, 5.41) is 3.29. The number of nitrogens with zero attached hydrogens (tertiary/aromatic N) is 1. The van der Waals surface area contributed by atoms with Crippen molar-refractivity contribution >= 4 is 27.9 Å². The van der Waals surface area contributed by atoms with E-state index in [0.717, 1.165) is 11.3 Å². The Balaban J connectivity index is 2.45. The monoisotopic (exact) mass is 351 g/mol. The first-order chi connectivity index (χ1) is 10.3.